The third-order valence-corrected chi connectivity index (χ3v) is 6.34. The van der Waals surface area contributed by atoms with Crippen molar-refractivity contribution in [3.8, 4) is 0 Å². The molecule has 26 heavy (non-hydrogen) atoms. The molecule has 0 saturated carbocycles. The molecule has 0 radical (unpaired) electrons. The normalized spacial score (nSPS) is 24.6. The molecule has 0 aromatic heterocycles. The van der Waals surface area contributed by atoms with Crippen molar-refractivity contribution in [1.82, 2.24) is 4.90 Å². The number of nitrogens with zero attached hydrogens (tertiary/aromatic N) is 3. The summed E-state index contributed by atoms with van der Waals surface area (Å²) < 4.78 is 0. The van der Waals surface area contributed by atoms with Gasteiger partial charge in [0.1, 0.15) is 0 Å². The maximum absolute atomic E-state index is 11.9. The van der Waals surface area contributed by atoms with Crippen LogP contribution in [0.2, 0.25) is 0 Å². The van der Waals surface area contributed by atoms with Crippen molar-refractivity contribution in [2.45, 2.75) is 64.0 Å². The van der Waals surface area contributed by atoms with Crippen LogP contribution in [0.25, 0.3) is 0 Å². The van der Waals surface area contributed by atoms with Crippen molar-refractivity contribution in [3.05, 3.63) is 23.8 Å². The first-order chi connectivity index (χ1) is 12.4. The summed E-state index contributed by atoms with van der Waals surface area (Å²) >= 11 is 0. The molecule has 2 atom stereocenters. The zero-order chi connectivity index (χ0) is 18.9. The number of benzene rings is 1. The highest BCUT2D eigenvalue weighted by Gasteiger charge is 2.52. The predicted octanol–water partition coefficient (Wildman–Crippen LogP) is 4.51. The van der Waals surface area contributed by atoms with Gasteiger partial charge in [0, 0.05) is 36.9 Å². The molecule has 0 unspecified atom stereocenters. The van der Waals surface area contributed by atoms with Crippen LogP contribution in [0, 0.1) is 0 Å². The quantitative estimate of drug-likeness (QED) is 0.728. The minimum atomic E-state index is -0.850. The molecular weight excluding hydrogens is 326 g/mol. The zero-order valence-electron chi connectivity index (χ0n) is 16.7. The zero-order valence-corrected chi connectivity index (χ0v) is 16.7. The fourth-order valence-electron chi connectivity index (χ4n) is 4.94. The number of unbranched alkanes of at least 4 members (excludes halogenated alkanes) is 4. The number of likely N-dealkylation sites (tertiary alicyclic amines) is 1. The highest BCUT2D eigenvalue weighted by molar-refractivity contribution is 5.87. The van der Waals surface area contributed by atoms with Gasteiger partial charge in [-0.2, -0.15) is 0 Å². The molecule has 1 N–H and O–H groups in total. The Morgan fingerprint density at radius 1 is 1.27 bits per heavy atom. The van der Waals surface area contributed by atoms with Gasteiger partial charge in [0.25, 0.3) is 0 Å². The third-order valence-electron chi connectivity index (χ3n) is 6.34. The summed E-state index contributed by atoms with van der Waals surface area (Å²) in [5, 5.41) is 9.73. The van der Waals surface area contributed by atoms with E-state index in [2.05, 4.69) is 49.9 Å². The molecule has 5 heteroatoms. The molecule has 1 fully saturated rings. The monoisotopic (exact) mass is 359 g/mol. The fraction of sp³-hybridized carbons (Fsp3) is 0.667. The third kappa shape index (κ3) is 3.18. The molecule has 5 nitrogen and oxygen atoms in total. The lowest BCUT2D eigenvalue weighted by Crippen LogP contribution is -2.45. The van der Waals surface area contributed by atoms with E-state index in [1.807, 2.05) is 6.07 Å². The number of amides is 1. The topological polar surface area (TPSA) is 47.0 Å². The second kappa shape index (κ2) is 7.47. The van der Waals surface area contributed by atoms with E-state index in [0.29, 0.717) is 12.7 Å². The van der Waals surface area contributed by atoms with Gasteiger partial charge in [-0.1, -0.05) is 39.5 Å². The smallest absolute Gasteiger partial charge is 0.411 e. The van der Waals surface area contributed by atoms with Crippen LogP contribution < -0.4 is 9.80 Å². The minimum absolute atomic E-state index is 0.0696. The van der Waals surface area contributed by atoms with Crippen LogP contribution >= 0.6 is 0 Å². The maximum atomic E-state index is 11.9. The first-order valence-electron chi connectivity index (χ1n) is 9.98. The molecule has 0 spiro atoms. The van der Waals surface area contributed by atoms with Crippen LogP contribution in [0.5, 0.6) is 0 Å². The lowest BCUT2D eigenvalue weighted by atomic mass is 9.81. The Morgan fingerprint density at radius 3 is 2.69 bits per heavy atom. The number of carboxylic acid groups (broad SMARTS) is 1. The molecule has 2 heterocycles. The molecule has 1 saturated heterocycles. The average molecular weight is 360 g/mol. The molecule has 0 aliphatic carbocycles. The van der Waals surface area contributed by atoms with Crippen LogP contribution in [0.4, 0.5) is 16.2 Å². The van der Waals surface area contributed by atoms with Gasteiger partial charge < -0.3 is 10.0 Å². The van der Waals surface area contributed by atoms with Crippen LogP contribution in [0.15, 0.2) is 18.2 Å². The predicted molar refractivity (Wildman–Crippen MR) is 107 cm³/mol. The van der Waals surface area contributed by atoms with E-state index < -0.39 is 6.09 Å². The summed E-state index contributed by atoms with van der Waals surface area (Å²) in [6.45, 7) is 6.17. The van der Waals surface area contributed by atoms with E-state index in [0.717, 1.165) is 31.5 Å². The number of fused-ring (bicyclic) bond motifs is 3. The highest BCUT2D eigenvalue weighted by atomic mass is 16.4. The summed E-state index contributed by atoms with van der Waals surface area (Å²) in [5.41, 5.74) is 3.42. The van der Waals surface area contributed by atoms with Gasteiger partial charge >= 0.3 is 6.09 Å². The van der Waals surface area contributed by atoms with Crippen molar-refractivity contribution >= 4 is 17.5 Å². The van der Waals surface area contributed by atoms with Crippen molar-refractivity contribution in [3.63, 3.8) is 0 Å². The van der Waals surface area contributed by atoms with Gasteiger partial charge in [-0.25, -0.2) is 4.79 Å². The van der Waals surface area contributed by atoms with E-state index in [9.17, 15) is 9.90 Å². The minimum Gasteiger partial charge on any atom is -0.465 e. The molecule has 144 valence electrons. The molecule has 3 rings (SSSR count). The number of anilines is 2. The van der Waals surface area contributed by atoms with Crippen LogP contribution in [0.1, 0.15) is 57.9 Å². The Morgan fingerprint density at radius 2 is 2.00 bits per heavy atom. The number of hydrogen-bond acceptors (Lipinski definition) is 3. The van der Waals surface area contributed by atoms with E-state index in [-0.39, 0.29) is 5.41 Å². The number of rotatable bonds is 7. The Labute approximate surface area is 157 Å². The summed E-state index contributed by atoms with van der Waals surface area (Å²) in [7, 11) is 4.33. The first-order valence-corrected chi connectivity index (χ1v) is 9.98. The second-order valence-corrected chi connectivity index (χ2v) is 8.18. The fourth-order valence-corrected chi connectivity index (χ4v) is 4.94. The molecule has 1 aromatic carbocycles. The van der Waals surface area contributed by atoms with Gasteiger partial charge in [0.05, 0.1) is 6.17 Å². The Bertz CT molecular complexity index is 663. The van der Waals surface area contributed by atoms with E-state index in [1.54, 1.807) is 0 Å². The molecule has 1 aromatic rings. The summed E-state index contributed by atoms with van der Waals surface area (Å²) in [6, 6.07) is 6.21. The van der Waals surface area contributed by atoms with Gasteiger partial charge in [0.15, 0.2) is 0 Å². The standard InChI is InChI=1S/C21H33N3O2/c1-5-6-7-8-9-13-24(20(25)26)16-10-11-18-17(15-16)21(2)12-14-22(3)19(21)23(18)4/h10-11,15,19H,5-9,12-14H2,1-4H3,(H,25,26)/t19-,21+/m1/s1. The molecule has 2 aliphatic rings. The largest absolute Gasteiger partial charge is 0.465 e. The van der Waals surface area contributed by atoms with Crippen LogP contribution in [-0.4, -0.2) is 49.5 Å². The molecule has 2 aliphatic heterocycles. The molecule has 0 bridgehead atoms. The van der Waals surface area contributed by atoms with Gasteiger partial charge in [0.2, 0.25) is 0 Å². The van der Waals surface area contributed by atoms with Crippen molar-refractivity contribution in [2.75, 3.05) is 37.0 Å². The first kappa shape index (κ1) is 19.0. The Hall–Kier alpha value is -1.75. The van der Waals surface area contributed by atoms with Gasteiger partial charge in [-0.15, -0.1) is 0 Å². The van der Waals surface area contributed by atoms with Crippen LogP contribution in [0.3, 0.4) is 0 Å². The van der Waals surface area contributed by atoms with Crippen molar-refractivity contribution in [1.29, 1.82) is 0 Å². The van der Waals surface area contributed by atoms with Crippen molar-refractivity contribution < 1.29 is 9.90 Å². The molecular formula is C21H33N3O2. The second-order valence-electron chi connectivity index (χ2n) is 8.18. The molecule has 1 amide bonds. The lowest BCUT2D eigenvalue weighted by Gasteiger charge is -2.32. The van der Waals surface area contributed by atoms with Gasteiger partial charge in [-0.3, -0.25) is 9.80 Å². The van der Waals surface area contributed by atoms with Gasteiger partial charge in [-0.05, 0) is 43.7 Å². The lowest BCUT2D eigenvalue weighted by molar-refractivity contribution is 0.201. The SMILES string of the molecule is CCCCCCCN(C(=O)O)c1ccc2c(c1)[C@]1(C)CCN(C)[C@@H]1N2C. The highest BCUT2D eigenvalue weighted by Crippen LogP contribution is 2.51. The number of hydrogen-bond donors (Lipinski definition) is 1. The van der Waals surface area contributed by atoms with Crippen molar-refractivity contribution in [2.24, 2.45) is 0 Å². The Balaban J connectivity index is 1.81. The van der Waals surface area contributed by atoms with E-state index in [1.165, 1.54) is 35.4 Å². The van der Waals surface area contributed by atoms with E-state index >= 15 is 0 Å². The van der Waals surface area contributed by atoms with Crippen LogP contribution in [-0.2, 0) is 5.41 Å². The number of carbonyl (C=O) groups is 1. The maximum Gasteiger partial charge on any atom is 0.411 e. The van der Waals surface area contributed by atoms with E-state index in [4.69, 9.17) is 0 Å². The number of likely N-dealkylation sites (N-methyl/N-ethyl adjacent to an activating group) is 2. The Kier molecular flexibility index (Phi) is 5.47. The summed E-state index contributed by atoms with van der Waals surface area (Å²) in [6.07, 6.45) is 6.25. The summed E-state index contributed by atoms with van der Waals surface area (Å²) in [4.78, 5) is 18.1. The summed E-state index contributed by atoms with van der Waals surface area (Å²) in [5.74, 6) is 0. The average Bonchev–Trinajstić information content (AvgIpc) is 3.03.